The summed E-state index contributed by atoms with van der Waals surface area (Å²) in [7, 11) is 0. The minimum absolute atomic E-state index is 0.134. The highest BCUT2D eigenvalue weighted by molar-refractivity contribution is 7.19. The van der Waals surface area contributed by atoms with Crippen LogP contribution in [0.2, 0.25) is 0 Å². The van der Waals surface area contributed by atoms with Gasteiger partial charge in [0.2, 0.25) is 11.7 Å². The average Bonchev–Trinajstić information content (AvgIpc) is 3.44. The first-order valence-electron chi connectivity index (χ1n) is 8.99. The number of nitrogens with one attached hydrogen (secondary N) is 2. The Bertz CT molecular complexity index is 1050. The monoisotopic (exact) mass is 393 g/mol. The molecule has 0 aliphatic rings. The molecule has 0 saturated carbocycles. The van der Waals surface area contributed by atoms with Gasteiger partial charge in [0.05, 0.1) is 18.7 Å². The molecule has 1 amide bonds. The number of aromatic amines is 1. The Kier molecular flexibility index (Phi) is 5.24. The lowest BCUT2D eigenvalue weighted by atomic mass is 10.1. The van der Waals surface area contributed by atoms with Gasteiger partial charge in [-0.25, -0.2) is 4.98 Å². The van der Waals surface area contributed by atoms with Crippen molar-refractivity contribution >= 4 is 22.4 Å². The maximum absolute atomic E-state index is 12.4. The van der Waals surface area contributed by atoms with E-state index in [4.69, 9.17) is 0 Å². The van der Waals surface area contributed by atoms with Crippen LogP contribution in [0.5, 0.6) is 0 Å². The summed E-state index contributed by atoms with van der Waals surface area (Å²) in [5, 5.41) is 16.1. The summed E-state index contributed by atoms with van der Waals surface area (Å²) in [5.74, 6) is 0.375. The number of hydrogen-bond donors (Lipinski definition) is 2. The Hall–Kier alpha value is -3.33. The zero-order chi connectivity index (χ0) is 19.3. The number of benzene rings is 1. The molecule has 28 heavy (non-hydrogen) atoms. The molecule has 0 fully saturated rings. The van der Waals surface area contributed by atoms with E-state index >= 15 is 0 Å². The Labute approximate surface area is 165 Å². The van der Waals surface area contributed by atoms with Crippen molar-refractivity contribution in [2.45, 2.75) is 26.3 Å². The molecule has 0 saturated heterocycles. The predicted molar refractivity (Wildman–Crippen MR) is 108 cm³/mol. The van der Waals surface area contributed by atoms with Crippen molar-refractivity contribution in [2.75, 3.05) is 5.32 Å². The van der Waals surface area contributed by atoms with E-state index in [9.17, 15) is 4.79 Å². The quantitative estimate of drug-likeness (QED) is 0.501. The molecule has 0 spiro atoms. The lowest BCUT2D eigenvalue weighted by molar-refractivity contribution is -0.115. The molecule has 9 heteroatoms. The van der Waals surface area contributed by atoms with Gasteiger partial charge in [0.15, 0.2) is 5.13 Å². The Morgan fingerprint density at radius 2 is 2.07 bits per heavy atom. The third-order valence-corrected chi connectivity index (χ3v) is 4.98. The first kappa shape index (κ1) is 18.1. The molecule has 3 aromatic heterocycles. The molecule has 3 heterocycles. The lowest BCUT2D eigenvalue weighted by Gasteiger charge is -2.00. The van der Waals surface area contributed by atoms with Crippen molar-refractivity contribution in [2.24, 2.45) is 0 Å². The number of anilines is 1. The van der Waals surface area contributed by atoms with E-state index in [-0.39, 0.29) is 12.3 Å². The van der Waals surface area contributed by atoms with Gasteiger partial charge >= 0.3 is 0 Å². The fraction of sp³-hybridized carbons (Fsp3) is 0.211. The number of tetrazole rings is 1. The molecule has 2 N–H and O–H groups in total. The average molecular weight is 393 g/mol. The molecular weight excluding hydrogens is 374 g/mol. The number of aryl methyl sites for hydroxylation is 1. The van der Waals surface area contributed by atoms with Gasteiger partial charge in [-0.05, 0) is 23.8 Å². The van der Waals surface area contributed by atoms with E-state index in [0.717, 1.165) is 28.2 Å². The minimum Gasteiger partial charge on any atom is -0.365 e. The van der Waals surface area contributed by atoms with Crippen LogP contribution in [-0.4, -0.2) is 36.1 Å². The maximum Gasteiger partial charge on any atom is 0.232 e. The Balaban J connectivity index is 1.64. The maximum atomic E-state index is 12.4. The van der Waals surface area contributed by atoms with Crippen molar-refractivity contribution < 1.29 is 4.79 Å². The fourth-order valence-electron chi connectivity index (χ4n) is 2.76. The van der Waals surface area contributed by atoms with E-state index in [0.29, 0.717) is 17.5 Å². The van der Waals surface area contributed by atoms with Crippen molar-refractivity contribution in [3.63, 3.8) is 0 Å². The van der Waals surface area contributed by atoms with Crippen molar-refractivity contribution in [3.8, 4) is 22.0 Å². The highest BCUT2D eigenvalue weighted by Gasteiger charge is 2.20. The van der Waals surface area contributed by atoms with Gasteiger partial charge in [-0.3, -0.25) is 4.79 Å². The van der Waals surface area contributed by atoms with Crippen LogP contribution >= 0.6 is 11.3 Å². The molecule has 0 aliphatic heterocycles. The van der Waals surface area contributed by atoms with Crippen LogP contribution < -0.4 is 5.32 Å². The molecule has 4 rings (SSSR count). The van der Waals surface area contributed by atoms with Crippen LogP contribution in [-0.2, 0) is 17.8 Å². The zero-order valence-corrected chi connectivity index (χ0v) is 16.1. The molecule has 0 radical (unpaired) electrons. The van der Waals surface area contributed by atoms with E-state index in [1.807, 2.05) is 42.5 Å². The van der Waals surface area contributed by atoms with E-state index < -0.39 is 0 Å². The summed E-state index contributed by atoms with van der Waals surface area (Å²) in [6.07, 6.45) is 2.97. The SMILES string of the molecule is CCCn1nnc(-c2sc(NC(=O)Cc3ccc[nH]3)nc2-c2ccccc2)n1. The third kappa shape index (κ3) is 3.99. The van der Waals surface area contributed by atoms with Gasteiger partial charge in [-0.1, -0.05) is 48.6 Å². The number of thiazole rings is 1. The Morgan fingerprint density at radius 3 is 2.82 bits per heavy atom. The normalized spacial score (nSPS) is 10.9. The van der Waals surface area contributed by atoms with Gasteiger partial charge in [0.1, 0.15) is 4.88 Å². The second-order valence-corrected chi connectivity index (χ2v) is 7.19. The van der Waals surface area contributed by atoms with E-state index in [1.54, 1.807) is 11.0 Å². The highest BCUT2D eigenvalue weighted by Crippen LogP contribution is 2.37. The third-order valence-electron chi connectivity index (χ3n) is 4.01. The molecule has 0 aliphatic carbocycles. The summed E-state index contributed by atoms with van der Waals surface area (Å²) < 4.78 is 0. The van der Waals surface area contributed by atoms with Gasteiger partial charge < -0.3 is 10.3 Å². The molecule has 0 bridgehead atoms. The summed E-state index contributed by atoms with van der Waals surface area (Å²) in [4.78, 5) is 22.4. The second-order valence-electron chi connectivity index (χ2n) is 6.19. The number of carbonyl (C=O) groups excluding carboxylic acids is 1. The molecule has 0 atom stereocenters. The van der Waals surface area contributed by atoms with Crippen LogP contribution in [0.4, 0.5) is 5.13 Å². The van der Waals surface area contributed by atoms with Gasteiger partial charge in [-0.15, -0.1) is 10.2 Å². The first-order chi connectivity index (χ1) is 13.7. The molecule has 0 unspecified atom stereocenters. The molecule has 8 nitrogen and oxygen atoms in total. The summed E-state index contributed by atoms with van der Waals surface area (Å²) in [6, 6.07) is 13.5. The van der Waals surface area contributed by atoms with E-state index in [2.05, 4.69) is 37.6 Å². The highest BCUT2D eigenvalue weighted by atomic mass is 32.1. The molecular formula is C19H19N7OS. The molecule has 142 valence electrons. The van der Waals surface area contributed by atoms with Crippen LogP contribution in [0.3, 0.4) is 0 Å². The molecule has 1 aromatic carbocycles. The van der Waals surface area contributed by atoms with Gasteiger partial charge in [0.25, 0.3) is 0 Å². The second kappa shape index (κ2) is 8.13. The van der Waals surface area contributed by atoms with Gasteiger partial charge in [0, 0.05) is 17.5 Å². The van der Waals surface area contributed by atoms with Crippen LogP contribution in [0.25, 0.3) is 22.0 Å². The standard InChI is InChI=1S/C19H19N7OS/c1-2-11-26-24-18(23-25-26)17-16(13-7-4-3-5-8-13)22-19(28-17)21-15(27)12-14-9-6-10-20-14/h3-10,20H,2,11-12H2,1H3,(H,21,22,27). The number of H-pyrrole nitrogens is 1. The minimum atomic E-state index is -0.134. The van der Waals surface area contributed by atoms with Crippen molar-refractivity contribution in [1.29, 1.82) is 0 Å². The number of carbonyl (C=O) groups is 1. The lowest BCUT2D eigenvalue weighted by Crippen LogP contribution is -2.14. The summed E-state index contributed by atoms with van der Waals surface area (Å²) in [6.45, 7) is 2.76. The van der Waals surface area contributed by atoms with E-state index in [1.165, 1.54) is 11.3 Å². The number of rotatable bonds is 7. The first-order valence-corrected chi connectivity index (χ1v) is 9.81. The number of amides is 1. The number of nitrogens with zero attached hydrogens (tertiary/aromatic N) is 5. The zero-order valence-electron chi connectivity index (χ0n) is 15.3. The van der Waals surface area contributed by atoms with Crippen LogP contribution in [0, 0.1) is 0 Å². The molecule has 4 aromatic rings. The fourth-order valence-corrected chi connectivity index (χ4v) is 3.69. The largest absolute Gasteiger partial charge is 0.365 e. The summed E-state index contributed by atoms with van der Waals surface area (Å²) in [5.41, 5.74) is 2.52. The van der Waals surface area contributed by atoms with Crippen molar-refractivity contribution in [3.05, 3.63) is 54.4 Å². The smallest absolute Gasteiger partial charge is 0.232 e. The Morgan fingerprint density at radius 1 is 1.21 bits per heavy atom. The van der Waals surface area contributed by atoms with Crippen molar-refractivity contribution in [1.82, 2.24) is 30.2 Å². The van der Waals surface area contributed by atoms with Gasteiger partial charge in [-0.2, -0.15) is 4.80 Å². The van der Waals surface area contributed by atoms with Crippen LogP contribution in [0.15, 0.2) is 48.7 Å². The topological polar surface area (TPSA) is 101 Å². The predicted octanol–water partition coefficient (Wildman–Crippen LogP) is 3.38. The summed E-state index contributed by atoms with van der Waals surface area (Å²) >= 11 is 1.35. The number of hydrogen-bond acceptors (Lipinski definition) is 6. The number of aromatic nitrogens is 6. The van der Waals surface area contributed by atoms with Crippen LogP contribution in [0.1, 0.15) is 19.0 Å².